The van der Waals surface area contributed by atoms with Crippen LogP contribution in [-0.2, 0) is 10.0 Å². The van der Waals surface area contributed by atoms with Gasteiger partial charge in [-0.3, -0.25) is 9.52 Å². The van der Waals surface area contributed by atoms with Gasteiger partial charge in [0.2, 0.25) is 0 Å². The average molecular weight is 379 g/mol. The first-order chi connectivity index (χ1) is 12.2. The van der Waals surface area contributed by atoms with Crippen molar-refractivity contribution in [1.82, 2.24) is 0 Å². The summed E-state index contributed by atoms with van der Waals surface area (Å²) in [5.74, 6) is 0.507. The van der Waals surface area contributed by atoms with E-state index in [2.05, 4.69) is 4.72 Å². The number of benzene rings is 2. The smallest absolute Gasteiger partial charge is 0.265 e. The normalized spacial score (nSPS) is 11.0. The van der Waals surface area contributed by atoms with Crippen LogP contribution in [0, 0.1) is 6.92 Å². The molecule has 0 bridgehead atoms. The van der Waals surface area contributed by atoms with Crippen molar-refractivity contribution >= 4 is 21.5 Å². The quantitative estimate of drug-likeness (QED) is 0.744. The molecule has 0 radical (unpaired) electrons. The molecular formula is C18H21NO6S. The van der Waals surface area contributed by atoms with Crippen LogP contribution in [0.1, 0.15) is 22.8 Å². The fourth-order valence-electron chi connectivity index (χ4n) is 2.45. The first-order valence-corrected chi connectivity index (χ1v) is 9.16. The van der Waals surface area contributed by atoms with Gasteiger partial charge >= 0.3 is 0 Å². The van der Waals surface area contributed by atoms with Crippen molar-refractivity contribution in [1.29, 1.82) is 0 Å². The molecule has 0 saturated heterocycles. The average Bonchev–Trinajstić information content (AvgIpc) is 2.60. The number of anilines is 1. The molecule has 0 saturated carbocycles. The molecule has 140 valence electrons. The van der Waals surface area contributed by atoms with E-state index in [9.17, 15) is 13.2 Å². The Hall–Kier alpha value is -2.74. The van der Waals surface area contributed by atoms with Gasteiger partial charge in [0.15, 0.2) is 17.3 Å². The molecule has 2 rings (SSSR count). The number of aryl methyl sites for hydroxylation is 1. The number of nitrogens with one attached hydrogen (secondary N) is 1. The molecule has 2 aromatic carbocycles. The lowest BCUT2D eigenvalue weighted by atomic mass is 10.1. The van der Waals surface area contributed by atoms with Crippen molar-refractivity contribution in [2.24, 2.45) is 0 Å². The van der Waals surface area contributed by atoms with E-state index in [-0.39, 0.29) is 27.7 Å². The van der Waals surface area contributed by atoms with Crippen molar-refractivity contribution in [2.45, 2.75) is 18.7 Å². The van der Waals surface area contributed by atoms with Gasteiger partial charge in [0.05, 0.1) is 27.0 Å². The number of ketones is 1. The fourth-order valence-corrected chi connectivity index (χ4v) is 3.77. The van der Waals surface area contributed by atoms with Crippen LogP contribution in [0.15, 0.2) is 35.2 Å². The Balaban J connectivity index is 2.59. The van der Waals surface area contributed by atoms with Gasteiger partial charge < -0.3 is 14.2 Å². The molecule has 0 spiro atoms. The summed E-state index contributed by atoms with van der Waals surface area (Å²) in [7, 11) is 0.245. The lowest BCUT2D eigenvalue weighted by Crippen LogP contribution is -2.16. The van der Waals surface area contributed by atoms with Gasteiger partial charge in [0.1, 0.15) is 10.6 Å². The van der Waals surface area contributed by atoms with Crippen LogP contribution in [0.5, 0.6) is 17.2 Å². The lowest BCUT2D eigenvalue weighted by Gasteiger charge is -2.16. The van der Waals surface area contributed by atoms with Gasteiger partial charge in [-0.15, -0.1) is 0 Å². The summed E-state index contributed by atoms with van der Waals surface area (Å²) < 4.78 is 43.8. The van der Waals surface area contributed by atoms with Crippen LogP contribution < -0.4 is 18.9 Å². The van der Waals surface area contributed by atoms with E-state index in [0.717, 1.165) is 5.56 Å². The minimum Gasteiger partial charge on any atom is -0.495 e. The highest BCUT2D eigenvalue weighted by Gasteiger charge is 2.23. The number of sulfonamides is 1. The van der Waals surface area contributed by atoms with E-state index in [1.54, 1.807) is 19.1 Å². The molecular weight excluding hydrogens is 358 g/mol. The van der Waals surface area contributed by atoms with E-state index in [0.29, 0.717) is 11.5 Å². The summed E-state index contributed by atoms with van der Waals surface area (Å²) in [6.07, 6.45) is 0. The maximum Gasteiger partial charge on any atom is 0.265 e. The molecule has 26 heavy (non-hydrogen) atoms. The molecule has 8 heteroatoms. The monoisotopic (exact) mass is 379 g/mol. The van der Waals surface area contributed by atoms with E-state index in [1.165, 1.54) is 46.5 Å². The van der Waals surface area contributed by atoms with E-state index < -0.39 is 10.0 Å². The molecule has 0 aromatic heterocycles. The number of carbonyl (C=O) groups is 1. The summed E-state index contributed by atoms with van der Waals surface area (Å²) in [6.45, 7) is 3.11. The SMILES string of the molecule is COc1cc(NS(=O)(=O)c2cc(C)ccc2OC)c(C(C)=O)cc1OC. The molecule has 0 aliphatic carbocycles. The van der Waals surface area contributed by atoms with Gasteiger partial charge in [0.25, 0.3) is 10.0 Å². The van der Waals surface area contributed by atoms with Gasteiger partial charge in [-0.1, -0.05) is 6.07 Å². The van der Waals surface area contributed by atoms with Crippen molar-refractivity contribution < 1.29 is 27.4 Å². The molecule has 7 nitrogen and oxygen atoms in total. The van der Waals surface area contributed by atoms with Gasteiger partial charge in [-0.25, -0.2) is 8.42 Å². The maximum absolute atomic E-state index is 12.9. The topological polar surface area (TPSA) is 90.9 Å². The molecule has 0 aliphatic heterocycles. The fraction of sp³-hybridized carbons (Fsp3) is 0.278. The maximum atomic E-state index is 12.9. The summed E-state index contributed by atoms with van der Waals surface area (Å²) >= 11 is 0. The molecule has 1 N–H and O–H groups in total. The number of ether oxygens (including phenoxy) is 3. The second-order valence-electron chi connectivity index (χ2n) is 5.57. The zero-order valence-electron chi connectivity index (χ0n) is 15.2. The Labute approximate surface area is 152 Å². The first kappa shape index (κ1) is 19.6. The van der Waals surface area contributed by atoms with Crippen LogP contribution >= 0.6 is 0 Å². The van der Waals surface area contributed by atoms with E-state index >= 15 is 0 Å². The summed E-state index contributed by atoms with van der Waals surface area (Å²) in [5.41, 5.74) is 1.02. The third-order valence-electron chi connectivity index (χ3n) is 3.76. The highest BCUT2D eigenvalue weighted by molar-refractivity contribution is 7.92. The third kappa shape index (κ3) is 3.91. The van der Waals surface area contributed by atoms with Gasteiger partial charge in [-0.2, -0.15) is 0 Å². The Morgan fingerprint density at radius 3 is 2.04 bits per heavy atom. The molecule has 2 aromatic rings. The number of hydrogen-bond donors (Lipinski definition) is 1. The highest BCUT2D eigenvalue weighted by Crippen LogP contribution is 2.35. The largest absolute Gasteiger partial charge is 0.495 e. The number of Topliss-reactive ketones (excluding diaryl/α,β-unsaturated/α-hetero) is 1. The van der Waals surface area contributed by atoms with Crippen LogP contribution in [0.25, 0.3) is 0 Å². The Bertz CT molecular complexity index is 937. The van der Waals surface area contributed by atoms with Crippen molar-refractivity contribution in [3.8, 4) is 17.2 Å². The summed E-state index contributed by atoms with van der Waals surface area (Å²) in [5, 5.41) is 0. The molecule has 0 atom stereocenters. The predicted octanol–water partition coefficient (Wildman–Crippen LogP) is 3.02. The third-order valence-corrected chi connectivity index (χ3v) is 5.14. The number of hydrogen-bond acceptors (Lipinski definition) is 6. The first-order valence-electron chi connectivity index (χ1n) is 7.68. The van der Waals surface area contributed by atoms with Crippen LogP contribution in [0.4, 0.5) is 5.69 Å². The zero-order valence-corrected chi connectivity index (χ0v) is 16.1. The Kier molecular flexibility index (Phi) is 5.76. The summed E-state index contributed by atoms with van der Waals surface area (Å²) in [6, 6.07) is 7.66. The van der Waals surface area contributed by atoms with E-state index in [4.69, 9.17) is 14.2 Å². The molecule has 0 heterocycles. The molecule has 0 aliphatic rings. The van der Waals surface area contributed by atoms with Crippen LogP contribution in [-0.4, -0.2) is 35.5 Å². The van der Waals surface area contributed by atoms with Crippen LogP contribution in [0.2, 0.25) is 0 Å². The lowest BCUT2D eigenvalue weighted by molar-refractivity contribution is 0.101. The number of methoxy groups -OCH3 is 3. The Morgan fingerprint density at radius 1 is 0.923 bits per heavy atom. The second kappa shape index (κ2) is 7.65. The number of rotatable bonds is 7. The van der Waals surface area contributed by atoms with Crippen molar-refractivity contribution in [3.63, 3.8) is 0 Å². The predicted molar refractivity (Wildman–Crippen MR) is 98.1 cm³/mol. The number of carbonyl (C=O) groups excluding carboxylic acids is 1. The minimum absolute atomic E-state index is 0.0238. The molecule has 0 amide bonds. The van der Waals surface area contributed by atoms with Crippen molar-refractivity contribution in [3.05, 3.63) is 41.5 Å². The Morgan fingerprint density at radius 2 is 1.50 bits per heavy atom. The van der Waals surface area contributed by atoms with Crippen molar-refractivity contribution in [2.75, 3.05) is 26.1 Å². The minimum atomic E-state index is -4.00. The second-order valence-corrected chi connectivity index (χ2v) is 7.22. The zero-order chi connectivity index (χ0) is 19.5. The van der Waals surface area contributed by atoms with Crippen LogP contribution in [0.3, 0.4) is 0 Å². The highest BCUT2D eigenvalue weighted by atomic mass is 32.2. The van der Waals surface area contributed by atoms with E-state index in [1.807, 2.05) is 0 Å². The standard InChI is InChI=1S/C18H21NO6S/c1-11-6-7-15(23-3)18(8-11)26(21,22)19-14-10-17(25-5)16(24-4)9-13(14)12(2)20/h6-10,19H,1-5H3. The van der Waals surface area contributed by atoms with Gasteiger partial charge in [0, 0.05) is 11.6 Å². The molecule has 0 fully saturated rings. The summed E-state index contributed by atoms with van der Waals surface area (Å²) in [4.78, 5) is 12.0. The van der Waals surface area contributed by atoms with Gasteiger partial charge in [-0.05, 0) is 37.6 Å². The molecule has 0 unspecified atom stereocenters.